The highest BCUT2D eigenvalue weighted by molar-refractivity contribution is 4.98. The van der Waals surface area contributed by atoms with E-state index in [2.05, 4.69) is 39.5 Å². The maximum Gasteiger partial charge on any atom is 0.00887 e. The third-order valence-corrected chi connectivity index (χ3v) is 7.03. The van der Waals surface area contributed by atoms with Crippen LogP contribution in [0.1, 0.15) is 169 Å². The van der Waals surface area contributed by atoms with Gasteiger partial charge in [-0.05, 0) is 31.1 Å². The van der Waals surface area contributed by atoms with Gasteiger partial charge in [0.05, 0.1) is 0 Å². The molecule has 0 aromatic heterocycles. The lowest BCUT2D eigenvalue weighted by atomic mass is 9.83. The first-order chi connectivity index (χ1) is 14.8. The van der Waals surface area contributed by atoms with Crippen molar-refractivity contribution in [2.75, 3.05) is 0 Å². The lowest BCUT2D eigenvalue weighted by molar-refractivity contribution is 0.292. The fraction of sp³-hybridized carbons (Fsp3) is 0.933. The molecule has 0 amide bonds. The van der Waals surface area contributed by atoms with Crippen molar-refractivity contribution in [1.82, 2.24) is 0 Å². The number of rotatable bonds is 22. The third-order valence-electron chi connectivity index (χ3n) is 7.03. The first-order valence-electron chi connectivity index (χ1n) is 14.2. The zero-order valence-electron chi connectivity index (χ0n) is 21.7. The van der Waals surface area contributed by atoms with Gasteiger partial charge in [0.2, 0.25) is 0 Å². The monoisotopic (exact) mass is 418 g/mol. The lowest BCUT2D eigenvalue weighted by Crippen LogP contribution is -2.11. The fourth-order valence-corrected chi connectivity index (χ4v) is 4.56. The summed E-state index contributed by atoms with van der Waals surface area (Å²) < 4.78 is 0. The summed E-state index contributed by atoms with van der Waals surface area (Å²) in [6.45, 7) is 9.43. The Kier molecular flexibility index (Phi) is 24.5. The van der Waals surface area contributed by atoms with Crippen molar-refractivity contribution < 1.29 is 0 Å². The molecule has 0 N–H and O–H groups in total. The Morgan fingerprint density at radius 1 is 0.467 bits per heavy atom. The van der Waals surface area contributed by atoms with Crippen LogP contribution in [0.25, 0.3) is 0 Å². The summed E-state index contributed by atoms with van der Waals surface area (Å²) in [6, 6.07) is 0. The zero-order valence-corrected chi connectivity index (χ0v) is 21.7. The molecule has 0 saturated carbocycles. The largest absolute Gasteiger partial charge is 0.103 e. The van der Waals surface area contributed by atoms with E-state index < -0.39 is 0 Å². The molecule has 2 atom stereocenters. The summed E-state index contributed by atoms with van der Waals surface area (Å²) in [4.78, 5) is 0. The molecule has 30 heavy (non-hydrogen) atoms. The number of hydrogen-bond acceptors (Lipinski definition) is 0. The highest BCUT2D eigenvalue weighted by Gasteiger charge is 2.14. The van der Waals surface area contributed by atoms with Gasteiger partial charge >= 0.3 is 0 Å². The molecule has 0 heterocycles. The van der Waals surface area contributed by atoms with Gasteiger partial charge in [-0.3, -0.25) is 0 Å². The van der Waals surface area contributed by atoms with Crippen LogP contribution in [0.4, 0.5) is 0 Å². The smallest absolute Gasteiger partial charge is 0.00887 e. The summed E-state index contributed by atoms with van der Waals surface area (Å²) >= 11 is 0. The molecular weight excluding hydrogens is 360 g/mol. The Hall–Kier alpha value is -0.440. The van der Waals surface area contributed by atoms with E-state index in [4.69, 9.17) is 0 Å². The third kappa shape index (κ3) is 20.8. The molecule has 178 valence electrons. The molecule has 0 aliphatic rings. The Bertz CT molecular complexity index is 371. The van der Waals surface area contributed by atoms with E-state index in [9.17, 15) is 0 Å². The molecule has 0 nitrogen and oxygen atoms in total. The van der Waals surface area contributed by atoms with Gasteiger partial charge in [0.25, 0.3) is 0 Å². The van der Waals surface area contributed by atoms with Crippen LogP contribution in [0.3, 0.4) is 0 Å². The SMILES string of the molecule is CCCCCCCC#CCCCC(CCCCCCCCCCCCC)C(C)CC. The second kappa shape index (κ2) is 24.8. The Morgan fingerprint density at radius 2 is 0.867 bits per heavy atom. The van der Waals surface area contributed by atoms with Crippen LogP contribution in [0, 0.1) is 23.7 Å². The van der Waals surface area contributed by atoms with Gasteiger partial charge in [0.15, 0.2) is 0 Å². The summed E-state index contributed by atoms with van der Waals surface area (Å²) in [6.07, 6.45) is 30.5. The van der Waals surface area contributed by atoms with Crippen molar-refractivity contribution in [2.45, 2.75) is 169 Å². The Balaban J connectivity index is 3.68. The molecule has 0 saturated heterocycles. The van der Waals surface area contributed by atoms with Crippen LogP contribution in [0.5, 0.6) is 0 Å². The second-order valence-corrected chi connectivity index (χ2v) is 9.88. The van der Waals surface area contributed by atoms with E-state index in [0.717, 1.165) is 24.7 Å². The quantitative estimate of drug-likeness (QED) is 0.121. The molecule has 0 aliphatic carbocycles. The number of unbranched alkanes of at least 4 members (excludes halogenated alkanes) is 16. The van der Waals surface area contributed by atoms with Crippen LogP contribution in [0.2, 0.25) is 0 Å². The van der Waals surface area contributed by atoms with Crippen LogP contribution in [0.15, 0.2) is 0 Å². The Morgan fingerprint density at radius 3 is 1.37 bits per heavy atom. The molecule has 0 bridgehead atoms. The van der Waals surface area contributed by atoms with E-state index in [0.29, 0.717) is 0 Å². The minimum atomic E-state index is 0.889. The lowest BCUT2D eigenvalue weighted by Gasteiger charge is -2.22. The summed E-state index contributed by atoms with van der Waals surface area (Å²) in [5.41, 5.74) is 0. The van der Waals surface area contributed by atoms with E-state index in [1.54, 1.807) is 0 Å². The molecule has 0 rings (SSSR count). The first kappa shape index (κ1) is 29.6. The normalized spacial score (nSPS) is 13.1. The molecule has 0 spiro atoms. The van der Waals surface area contributed by atoms with Crippen molar-refractivity contribution >= 4 is 0 Å². The highest BCUT2D eigenvalue weighted by Crippen LogP contribution is 2.27. The average Bonchev–Trinajstić information content (AvgIpc) is 2.76. The predicted octanol–water partition coefficient (Wildman–Crippen LogP) is 10.9. The van der Waals surface area contributed by atoms with Crippen molar-refractivity contribution in [3.63, 3.8) is 0 Å². The van der Waals surface area contributed by atoms with Gasteiger partial charge in [0.1, 0.15) is 0 Å². The van der Waals surface area contributed by atoms with Gasteiger partial charge in [-0.15, -0.1) is 11.8 Å². The topological polar surface area (TPSA) is 0 Å². The van der Waals surface area contributed by atoms with Crippen LogP contribution < -0.4 is 0 Å². The molecular formula is C30H58. The van der Waals surface area contributed by atoms with Gasteiger partial charge < -0.3 is 0 Å². The average molecular weight is 419 g/mol. The van der Waals surface area contributed by atoms with Gasteiger partial charge in [0, 0.05) is 12.8 Å². The van der Waals surface area contributed by atoms with Crippen LogP contribution in [-0.4, -0.2) is 0 Å². The van der Waals surface area contributed by atoms with Crippen LogP contribution in [-0.2, 0) is 0 Å². The minimum absolute atomic E-state index is 0.889. The molecule has 0 aromatic rings. The molecule has 0 aromatic carbocycles. The maximum atomic E-state index is 3.45. The van der Waals surface area contributed by atoms with E-state index >= 15 is 0 Å². The standard InChI is InChI=1S/C30H58/c1-5-8-10-12-14-16-18-20-22-24-26-28-30(29(4)7-3)27-25-23-21-19-17-15-13-11-9-6-2/h29-30H,5-18,20,22-28H2,1-4H3. The maximum absolute atomic E-state index is 3.45. The van der Waals surface area contributed by atoms with Crippen molar-refractivity contribution in [3.8, 4) is 11.8 Å². The molecule has 2 unspecified atom stereocenters. The summed E-state index contributed by atoms with van der Waals surface area (Å²) in [5, 5.41) is 0. The van der Waals surface area contributed by atoms with E-state index in [1.165, 1.54) is 128 Å². The van der Waals surface area contributed by atoms with Crippen LogP contribution >= 0.6 is 0 Å². The van der Waals surface area contributed by atoms with E-state index in [1.807, 2.05) is 0 Å². The van der Waals surface area contributed by atoms with E-state index in [-0.39, 0.29) is 0 Å². The molecule has 0 heteroatoms. The summed E-state index contributed by atoms with van der Waals surface area (Å²) in [5.74, 6) is 8.69. The van der Waals surface area contributed by atoms with Gasteiger partial charge in [-0.1, -0.05) is 137 Å². The van der Waals surface area contributed by atoms with Crippen molar-refractivity contribution in [2.24, 2.45) is 11.8 Å². The van der Waals surface area contributed by atoms with Gasteiger partial charge in [-0.25, -0.2) is 0 Å². The first-order valence-corrected chi connectivity index (χ1v) is 14.2. The Labute approximate surface area is 192 Å². The number of hydrogen-bond donors (Lipinski definition) is 0. The zero-order chi connectivity index (χ0) is 22.1. The minimum Gasteiger partial charge on any atom is -0.103 e. The second-order valence-electron chi connectivity index (χ2n) is 9.88. The fourth-order valence-electron chi connectivity index (χ4n) is 4.56. The molecule has 0 radical (unpaired) electrons. The molecule has 0 aliphatic heterocycles. The molecule has 0 fully saturated rings. The summed E-state index contributed by atoms with van der Waals surface area (Å²) in [7, 11) is 0. The van der Waals surface area contributed by atoms with Crippen molar-refractivity contribution in [1.29, 1.82) is 0 Å². The predicted molar refractivity (Wildman–Crippen MR) is 139 cm³/mol. The van der Waals surface area contributed by atoms with Gasteiger partial charge in [-0.2, -0.15) is 0 Å². The van der Waals surface area contributed by atoms with Crippen molar-refractivity contribution in [3.05, 3.63) is 0 Å². The highest BCUT2D eigenvalue weighted by atomic mass is 14.2.